The van der Waals surface area contributed by atoms with Crippen LogP contribution in [0.25, 0.3) is 0 Å². The SMILES string of the molecule is O=S(=O)(CC1Cc2ccc(Cn3cc(CO)c(C(F)(F)F)n3)cc2C1)C1CC1. The van der Waals surface area contributed by atoms with Gasteiger partial charge >= 0.3 is 6.18 Å². The van der Waals surface area contributed by atoms with Crippen LogP contribution in [0.4, 0.5) is 13.2 Å². The van der Waals surface area contributed by atoms with Gasteiger partial charge < -0.3 is 5.11 Å². The quantitative estimate of drug-likeness (QED) is 0.789. The van der Waals surface area contributed by atoms with Crippen molar-refractivity contribution in [1.29, 1.82) is 0 Å². The van der Waals surface area contributed by atoms with Gasteiger partial charge in [0.05, 0.1) is 24.2 Å². The van der Waals surface area contributed by atoms with Crippen LogP contribution in [0.15, 0.2) is 24.4 Å². The maximum absolute atomic E-state index is 13.0. The van der Waals surface area contributed by atoms with Crippen molar-refractivity contribution in [1.82, 2.24) is 9.78 Å². The number of aromatic nitrogens is 2. The van der Waals surface area contributed by atoms with Crippen LogP contribution in [0.3, 0.4) is 0 Å². The normalized spacial score (nSPS) is 19.8. The molecule has 4 rings (SSSR count). The van der Waals surface area contributed by atoms with E-state index in [4.69, 9.17) is 5.11 Å². The largest absolute Gasteiger partial charge is 0.435 e. The predicted octanol–water partition coefficient (Wildman–Crippen LogP) is 2.73. The summed E-state index contributed by atoms with van der Waals surface area (Å²) in [5.41, 5.74) is 1.64. The average molecular weight is 414 g/mol. The van der Waals surface area contributed by atoms with Gasteiger partial charge in [0.15, 0.2) is 15.5 Å². The van der Waals surface area contributed by atoms with Gasteiger partial charge in [0.1, 0.15) is 0 Å². The number of benzene rings is 1. The van der Waals surface area contributed by atoms with Gasteiger partial charge in [-0.1, -0.05) is 18.2 Å². The molecule has 1 aromatic carbocycles. The van der Waals surface area contributed by atoms with E-state index < -0.39 is 28.3 Å². The number of alkyl halides is 3. The summed E-state index contributed by atoms with van der Waals surface area (Å²) in [7, 11) is -3.01. The van der Waals surface area contributed by atoms with Crippen LogP contribution in [-0.4, -0.2) is 34.3 Å². The molecule has 1 N–H and O–H groups in total. The Hall–Kier alpha value is -1.87. The molecule has 2 aromatic rings. The van der Waals surface area contributed by atoms with Crippen LogP contribution >= 0.6 is 0 Å². The highest BCUT2D eigenvalue weighted by molar-refractivity contribution is 7.92. The molecule has 0 saturated heterocycles. The second-order valence-electron chi connectivity index (χ2n) is 7.76. The average Bonchev–Trinajstić information content (AvgIpc) is 3.28. The van der Waals surface area contributed by atoms with Crippen molar-refractivity contribution in [3.8, 4) is 0 Å². The first kappa shape index (κ1) is 19.4. The van der Waals surface area contributed by atoms with Crippen molar-refractivity contribution < 1.29 is 26.7 Å². The van der Waals surface area contributed by atoms with E-state index in [9.17, 15) is 21.6 Å². The number of fused-ring (bicyclic) bond motifs is 1. The van der Waals surface area contributed by atoms with E-state index in [0.717, 1.165) is 36.0 Å². The minimum atomic E-state index is -4.61. The van der Waals surface area contributed by atoms with Crippen molar-refractivity contribution in [2.24, 2.45) is 5.92 Å². The first-order valence-electron chi connectivity index (χ1n) is 9.22. The second kappa shape index (κ2) is 6.88. The molecule has 0 bridgehead atoms. The number of halogens is 3. The zero-order valence-electron chi connectivity index (χ0n) is 15.1. The van der Waals surface area contributed by atoms with Crippen LogP contribution in [0, 0.1) is 5.92 Å². The van der Waals surface area contributed by atoms with Gasteiger partial charge in [-0.15, -0.1) is 0 Å². The molecule has 5 nitrogen and oxygen atoms in total. The topological polar surface area (TPSA) is 72.2 Å². The fourth-order valence-electron chi connectivity index (χ4n) is 3.96. The molecule has 1 unspecified atom stereocenters. The van der Waals surface area contributed by atoms with Gasteiger partial charge in [-0.05, 0) is 48.3 Å². The molecule has 0 spiro atoms. The maximum atomic E-state index is 13.0. The summed E-state index contributed by atoms with van der Waals surface area (Å²) in [4.78, 5) is 0. The lowest BCUT2D eigenvalue weighted by Gasteiger charge is -2.08. The van der Waals surface area contributed by atoms with Crippen molar-refractivity contribution in [3.63, 3.8) is 0 Å². The van der Waals surface area contributed by atoms with E-state index in [-0.39, 0.29) is 29.0 Å². The monoisotopic (exact) mass is 414 g/mol. The van der Waals surface area contributed by atoms with Crippen LogP contribution < -0.4 is 0 Å². The molecule has 1 atom stereocenters. The third-order valence-electron chi connectivity index (χ3n) is 5.41. The number of aliphatic hydroxyl groups is 1. The zero-order valence-corrected chi connectivity index (χ0v) is 15.9. The van der Waals surface area contributed by atoms with Crippen molar-refractivity contribution in [3.05, 3.63) is 52.3 Å². The molecule has 2 aliphatic rings. The van der Waals surface area contributed by atoms with Crippen LogP contribution in [0.2, 0.25) is 0 Å². The lowest BCUT2D eigenvalue weighted by atomic mass is 10.1. The predicted molar refractivity (Wildman–Crippen MR) is 96.4 cm³/mol. The minimum Gasteiger partial charge on any atom is -0.392 e. The lowest BCUT2D eigenvalue weighted by molar-refractivity contribution is -0.142. The fraction of sp³-hybridized carbons (Fsp3) is 0.526. The molecule has 1 fully saturated rings. The van der Waals surface area contributed by atoms with E-state index >= 15 is 0 Å². The number of nitrogens with zero attached hydrogens (tertiary/aromatic N) is 2. The van der Waals surface area contributed by atoms with E-state index in [0.29, 0.717) is 6.42 Å². The van der Waals surface area contributed by atoms with Crippen molar-refractivity contribution in [2.45, 2.75) is 50.3 Å². The van der Waals surface area contributed by atoms with E-state index in [1.807, 2.05) is 18.2 Å². The number of hydrogen-bond donors (Lipinski definition) is 1. The van der Waals surface area contributed by atoms with Crippen LogP contribution in [0.1, 0.15) is 40.8 Å². The number of aliphatic hydroxyl groups excluding tert-OH is 1. The Morgan fingerprint density at radius 1 is 1.18 bits per heavy atom. The van der Waals surface area contributed by atoms with Crippen LogP contribution in [-0.2, 0) is 42.0 Å². The van der Waals surface area contributed by atoms with Crippen molar-refractivity contribution >= 4 is 9.84 Å². The molecular weight excluding hydrogens is 393 g/mol. The Morgan fingerprint density at radius 3 is 2.50 bits per heavy atom. The third kappa shape index (κ3) is 3.96. The second-order valence-corrected chi connectivity index (χ2v) is 10.1. The van der Waals surface area contributed by atoms with E-state index in [1.54, 1.807) is 0 Å². The Morgan fingerprint density at radius 2 is 1.89 bits per heavy atom. The summed E-state index contributed by atoms with van der Waals surface area (Å²) in [6, 6.07) is 5.69. The standard InChI is InChI=1S/C19H21F3N2O3S/c20-19(21,22)18-16(10-25)9-24(23-18)8-12-1-2-14-6-13(7-15(14)5-12)11-28(26,27)17-3-4-17/h1-2,5,9,13,17,25H,3-4,6-8,10-11H2. The first-order chi connectivity index (χ1) is 13.2. The Kier molecular flexibility index (Phi) is 4.78. The van der Waals surface area contributed by atoms with Gasteiger partial charge in [0.25, 0.3) is 0 Å². The highest BCUT2D eigenvalue weighted by Crippen LogP contribution is 2.35. The van der Waals surface area contributed by atoms with Crippen LogP contribution in [0.5, 0.6) is 0 Å². The Bertz CT molecular complexity index is 994. The van der Waals surface area contributed by atoms with Gasteiger partial charge in [-0.3, -0.25) is 4.68 Å². The summed E-state index contributed by atoms with van der Waals surface area (Å²) in [6.07, 6.45) is -0.472. The molecule has 0 amide bonds. The van der Waals surface area contributed by atoms with Gasteiger partial charge in [0, 0.05) is 11.8 Å². The molecule has 1 aromatic heterocycles. The molecule has 1 saturated carbocycles. The van der Waals surface area contributed by atoms with E-state index in [1.165, 1.54) is 10.9 Å². The summed E-state index contributed by atoms with van der Waals surface area (Å²) >= 11 is 0. The zero-order chi connectivity index (χ0) is 20.1. The molecule has 9 heteroatoms. The molecule has 1 heterocycles. The Balaban J connectivity index is 1.48. The van der Waals surface area contributed by atoms with Gasteiger partial charge in [-0.25, -0.2) is 8.42 Å². The smallest absolute Gasteiger partial charge is 0.392 e. The fourth-order valence-corrected chi connectivity index (χ4v) is 5.97. The van der Waals surface area contributed by atoms with Gasteiger partial charge in [0.2, 0.25) is 0 Å². The maximum Gasteiger partial charge on any atom is 0.435 e. The van der Waals surface area contributed by atoms with Gasteiger partial charge in [-0.2, -0.15) is 18.3 Å². The van der Waals surface area contributed by atoms with Crippen molar-refractivity contribution in [2.75, 3.05) is 5.75 Å². The molecule has 0 radical (unpaired) electrons. The third-order valence-corrected chi connectivity index (χ3v) is 7.83. The summed E-state index contributed by atoms with van der Waals surface area (Å²) in [6.45, 7) is -0.572. The highest BCUT2D eigenvalue weighted by Gasteiger charge is 2.38. The first-order valence-corrected chi connectivity index (χ1v) is 10.9. The lowest BCUT2D eigenvalue weighted by Crippen LogP contribution is -2.19. The number of rotatable bonds is 6. The summed E-state index contributed by atoms with van der Waals surface area (Å²) in [5, 5.41) is 12.6. The van der Waals surface area contributed by atoms with E-state index in [2.05, 4.69) is 5.10 Å². The molecule has 0 aliphatic heterocycles. The summed E-state index contributed by atoms with van der Waals surface area (Å²) in [5.74, 6) is 0.272. The summed E-state index contributed by atoms with van der Waals surface area (Å²) < 4.78 is 64.5. The number of hydrogen-bond acceptors (Lipinski definition) is 4. The highest BCUT2D eigenvalue weighted by atomic mass is 32.2. The molecule has 2 aliphatic carbocycles. The molecule has 28 heavy (non-hydrogen) atoms. The molecule has 152 valence electrons. The number of sulfone groups is 1. The Labute approximate surface area is 161 Å². The minimum absolute atomic E-state index is 0.0679. The molecular formula is C19H21F3N2O3S.